The molecule has 0 aromatic heterocycles. The van der Waals surface area contributed by atoms with Crippen molar-refractivity contribution in [3.63, 3.8) is 0 Å². The number of amides is 1. The minimum atomic E-state index is -1.58. The highest BCUT2D eigenvalue weighted by molar-refractivity contribution is 5.94. The first-order valence-corrected chi connectivity index (χ1v) is 11.4. The van der Waals surface area contributed by atoms with E-state index >= 15 is 0 Å². The molecule has 0 unspecified atom stereocenters. The molecule has 0 spiro atoms. The summed E-state index contributed by atoms with van der Waals surface area (Å²) in [7, 11) is 0. The molecular formula is C27H24F2N2O5. The van der Waals surface area contributed by atoms with Crippen molar-refractivity contribution in [1.82, 2.24) is 4.90 Å². The fraction of sp³-hybridized carbons (Fsp3) is 0.259. The van der Waals surface area contributed by atoms with Crippen LogP contribution < -0.4 is 9.47 Å². The number of hydrogen-bond acceptors (Lipinski definition) is 6. The van der Waals surface area contributed by atoms with Crippen LogP contribution in [-0.4, -0.2) is 46.5 Å². The van der Waals surface area contributed by atoms with Crippen LogP contribution in [0.3, 0.4) is 0 Å². The van der Waals surface area contributed by atoms with Crippen molar-refractivity contribution in [2.45, 2.75) is 31.8 Å². The predicted octanol–water partition coefficient (Wildman–Crippen LogP) is 4.03. The Labute approximate surface area is 206 Å². The van der Waals surface area contributed by atoms with Crippen molar-refractivity contribution in [3.05, 3.63) is 83.4 Å². The van der Waals surface area contributed by atoms with Gasteiger partial charge in [-0.05, 0) is 54.3 Å². The van der Waals surface area contributed by atoms with Crippen molar-refractivity contribution >= 4 is 5.91 Å². The van der Waals surface area contributed by atoms with Crippen LogP contribution >= 0.6 is 0 Å². The maximum atomic E-state index is 13.8. The average Bonchev–Trinajstić information content (AvgIpc) is 3.38. The Hall–Kier alpha value is -4.00. The van der Waals surface area contributed by atoms with E-state index in [4.69, 9.17) is 14.7 Å². The zero-order chi connectivity index (χ0) is 25.7. The fourth-order valence-electron chi connectivity index (χ4n) is 4.20. The quantitative estimate of drug-likeness (QED) is 0.459. The second-order valence-corrected chi connectivity index (χ2v) is 8.34. The Morgan fingerprint density at radius 1 is 1.08 bits per heavy atom. The molecule has 0 saturated carbocycles. The molecule has 0 bridgehead atoms. The molecule has 9 heteroatoms. The van der Waals surface area contributed by atoms with E-state index in [9.17, 15) is 23.8 Å². The molecule has 1 heterocycles. The zero-order valence-corrected chi connectivity index (χ0v) is 19.2. The van der Waals surface area contributed by atoms with Gasteiger partial charge in [-0.15, -0.1) is 0 Å². The van der Waals surface area contributed by atoms with Gasteiger partial charge in [-0.25, -0.2) is 8.78 Å². The van der Waals surface area contributed by atoms with E-state index in [0.717, 1.165) is 17.7 Å². The third-order valence-electron chi connectivity index (χ3n) is 5.96. The first-order chi connectivity index (χ1) is 17.4. The SMILES string of the molecule is N#CCOc1cc(F)c(F)cc1-c1ccc(OCc2cccc(C(=O)N3CCC[C@H]3C(O)O)c2)cc1. The van der Waals surface area contributed by atoms with Crippen LogP contribution in [0.2, 0.25) is 0 Å². The fourth-order valence-corrected chi connectivity index (χ4v) is 4.20. The number of ether oxygens (including phenoxy) is 2. The number of nitrogens with zero attached hydrogens (tertiary/aromatic N) is 2. The maximum absolute atomic E-state index is 13.8. The molecule has 3 aromatic carbocycles. The number of halogens is 2. The van der Waals surface area contributed by atoms with Gasteiger partial charge in [0.15, 0.2) is 24.5 Å². The maximum Gasteiger partial charge on any atom is 0.254 e. The Bertz CT molecular complexity index is 1270. The second kappa shape index (κ2) is 11.2. The van der Waals surface area contributed by atoms with E-state index in [1.165, 1.54) is 4.90 Å². The van der Waals surface area contributed by atoms with Crippen LogP contribution in [0, 0.1) is 23.0 Å². The van der Waals surface area contributed by atoms with Crippen molar-refractivity contribution in [2.24, 2.45) is 0 Å². The molecule has 186 valence electrons. The number of rotatable bonds is 8. The molecule has 3 aromatic rings. The summed E-state index contributed by atoms with van der Waals surface area (Å²) in [5.74, 6) is -1.80. The van der Waals surface area contributed by atoms with Gasteiger partial charge in [0.2, 0.25) is 0 Å². The molecule has 0 aliphatic carbocycles. The molecule has 1 aliphatic heterocycles. The topological polar surface area (TPSA) is 103 Å². The van der Waals surface area contributed by atoms with E-state index in [0.29, 0.717) is 41.8 Å². The number of carbonyl (C=O) groups excluding carboxylic acids is 1. The molecular weight excluding hydrogens is 470 g/mol. The van der Waals surface area contributed by atoms with Crippen molar-refractivity contribution in [2.75, 3.05) is 13.2 Å². The Balaban J connectivity index is 1.44. The first-order valence-electron chi connectivity index (χ1n) is 11.4. The molecule has 1 amide bonds. The monoisotopic (exact) mass is 494 g/mol. The Morgan fingerprint density at radius 3 is 2.56 bits per heavy atom. The summed E-state index contributed by atoms with van der Waals surface area (Å²) in [5.41, 5.74) is 2.03. The molecule has 1 aliphatic rings. The lowest BCUT2D eigenvalue weighted by atomic mass is 10.0. The summed E-state index contributed by atoms with van der Waals surface area (Å²) >= 11 is 0. The highest BCUT2D eigenvalue weighted by Gasteiger charge is 2.33. The Morgan fingerprint density at radius 2 is 1.83 bits per heavy atom. The molecule has 1 atom stereocenters. The number of hydrogen-bond donors (Lipinski definition) is 2. The zero-order valence-electron chi connectivity index (χ0n) is 19.2. The van der Waals surface area contributed by atoms with Crippen LogP contribution in [0.5, 0.6) is 11.5 Å². The summed E-state index contributed by atoms with van der Waals surface area (Å²) in [4.78, 5) is 14.4. The lowest BCUT2D eigenvalue weighted by Crippen LogP contribution is -2.42. The van der Waals surface area contributed by atoms with Crippen molar-refractivity contribution in [3.8, 4) is 28.7 Å². The second-order valence-electron chi connectivity index (χ2n) is 8.34. The van der Waals surface area contributed by atoms with E-state index in [1.807, 2.05) is 6.07 Å². The van der Waals surface area contributed by atoms with Crippen LogP contribution in [0.4, 0.5) is 8.78 Å². The third-order valence-corrected chi connectivity index (χ3v) is 5.96. The van der Waals surface area contributed by atoms with E-state index in [1.54, 1.807) is 48.5 Å². The summed E-state index contributed by atoms with van der Waals surface area (Å²) in [6.07, 6.45) is -0.325. The molecule has 36 heavy (non-hydrogen) atoms. The van der Waals surface area contributed by atoms with E-state index in [-0.39, 0.29) is 24.9 Å². The lowest BCUT2D eigenvalue weighted by molar-refractivity contribution is -0.0841. The predicted molar refractivity (Wildman–Crippen MR) is 126 cm³/mol. The Kier molecular flexibility index (Phi) is 7.78. The van der Waals surface area contributed by atoms with Gasteiger partial charge >= 0.3 is 0 Å². The van der Waals surface area contributed by atoms with Crippen LogP contribution in [0.25, 0.3) is 11.1 Å². The summed E-state index contributed by atoms with van der Waals surface area (Å²) in [6.45, 7) is 0.337. The summed E-state index contributed by atoms with van der Waals surface area (Å²) in [5, 5.41) is 27.8. The average molecular weight is 494 g/mol. The summed E-state index contributed by atoms with van der Waals surface area (Å²) < 4.78 is 38.5. The van der Waals surface area contributed by atoms with Crippen LogP contribution in [-0.2, 0) is 6.61 Å². The van der Waals surface area contributed by atoms with Gasteiger partial charge in [0.1, 0.15) is 24.2 Å². The number of benzene rings is 3. The van der Waals surface area contributed by atoms with Gasteiger partial charge in [-0.3, -0.25) is 4.79 Å². The highest BCUT2D eigenvalue weighted by Crippen LogP contribution is 2.33. The minimum absolute atomic E-state index is 0.0551. The lowest BCUT2D eigenvalue weighted by Gasteiger charge is -2.26. The normalized spacial score (nSPS) is 15.1. The molecule has 7 nitrogen and oxygen atoms in total. The third kappa shape index (κ3) is 5.62. The van der Waals surface area contributed by atoms with Gasteiger partial charge in [0.05, 0.1) is 6.04 Å². The molecule has 1 saturated heterocycles. The molecule has 2 N–H and O–H groups in total. The van der Waals surface area contributed by atoms with Gasteiger partial charge < -0.3 is 24.6 Å². The van der Waals surface area contributed by atoms with Crippen molar-refractivity contribution < 1.29 is 33.3 Å². The van der Waals surface area contributed by atoms with E-state index in [2.05, 4.69) is 0 Å². The largest absolute Gasteiger partial charge is 0.489 e. The molecule has 1 fully saturated rings. The van der Waals surface area contributed by atoms with Gasteiger partial charge in [-0.2, -0.15) is 5.26 Å². The molecule has 0 radical (unpaired) electrons. The number of carbonyl (C=O) groups is 1. The van der Waals surface area contributed by atoms with Crippen LogP contribution in [0.15, 0.2) is 60.7 Å². The molecule has 4 rings (SSSR count). The number of likely N-dealkylation sites (tertiary alicyclic amines) is 1. The van der Waals surface area contributed by atoms with Crippen molar-refractivity contribution in [1.29, 1.82) is 5.26 Å². The minimum Gasteiger partial charge on any atom is -0.489 e. The smallest absolute Gasteiger partial charge is 0.254 e. The number of aliphatic hydroxyl groups excluding tert-OH is 1. The van der Waals surface area contributed by atoms with Gasteiger partial charge in [0.25, 0.3) is 5.91 Å². The van der Waals surface area contributed by atoms with Crippen LogP contribution in [0.1, 0.15) is 28.8 Å². The first kappa shape index (κ1) is 25.1. The van der Waals surface area contributed by atoms with Gasteiger partial charge in [0, 0.05) is 23.7 Å². The summed E-state index contributed by atoms with van der Waals surface area (Å²) in [6, 6.07) is 16.7. The standard InChI is InChI=1S/C27H24F2N2O5/c28-22-14-21(25(15-23(22)29)35-12-10-30)18-6-8-20(9-7-18)36-16-17-3-1-4-19(13-17)26(32)31-11-2-5-24(31)27(33)34/h1,3-4,6-9,13-15,24,27,33-34H,2,5,11-12,16H2/t24-/m0/s1. The number of nitriles is 1. The van der Waals surface area contributed by atoms with E-state index < -0.39 is 24.0 Å². The highest BCUT2D eigenvalue weighted by atomic mass is 19.2. The number of aliphatic hydroxyl groups is 2. The van der Waals surface area contributed by atoms with Gasteiger partial charge in [-0.1, -0.05) is 24.3 Å².